The minimum absolute atomic E-state index is 0.219. The van der Waals surface area contributed by atoms with Crippen molar-refractivity contribution in [1.29, 1.82) is 0 Å². The summed E-state index contributed by atoms with van der Waals surface area (Å²) in [6.07, 6.45) is 0.573. The molecule has 4 heteroatoms. The average Bonchev–Trinajstić information content (AvgIpc) is 2.81. The standard InChI is InChI=1S/C26H27ClN2O/c27-24-13-11-23(12-14-24)26(22-9-5-2-6-10-22)29-19-17-28(18-20-29)16-15-25(30)21-7-3-1-4-8-21/h1-14,26H,15-20H2. The molecule has 1 saturated heterocycles. The second-order valence-corrected chi connectivity index (χ2v) is 8.22. The van der Waals surface area contributed by atoms with Gasteiger partial charge in [-0.05, 0) is 23.3 Å². The van der Waals surface area contributed by atoms with Crippen molar-refractivity contribution in [3.8, 4) is 0 Å². The van der Waals surface area contributed by atoms with Crippen LogP contribution in [-0.4, -0.2) is 48.3 Å². The Balaban J connectivity index is 1.39. The van der Waals surface area contributed by atoms with E-state index in [1.165, 1.54) is 11.1 Å². The number of ketones is 1. The Labute approximate surface area is 183 Å². The van der Waals surface area contributed by atoms with Gasteiger partial charge in [-0.15, -0.1) is 0 Å². The normalized spacial score (nSPS) is 16.3. The Morgan fingerprint density at radius 1 is 0.767 bits per heavy atom. The van der Waals surface area contributed by atoms with Gasteiger partial charge < -0.3 is 4.90 Å². The molecule has 3 aromatic rings. The van der Waals surface area contributed by atoms with Gasteiger partial charge in [0.1, 0.15) is 0 Å². The largest absolute Gasteiger partial charge is 0.300 e. The Kier molecular flexibility index (Phi) is 6.96. The summed E-state index contributed by atoms with van der Waals surface area (Å²) in [6, 6.07) is 28.7. The van der Waals surface area contributed by atoms with Crippen molar-refractivity contribution in [3.05, 3.63) is 107 Å². The van der Waals surface area contributed by atoms with Crippen molar-refractivity contribution in [3.63, 3.8) is 0 Å². The SMILES string of the molecule is O=C(CCN1CCN(C(c2ccccc2)c2ccc(Cl)cc2)CC1)c1ccccc1. The third-order valence-electron chi connectivity index (χ3n) is 5.82. The quantitative estimate of drug-likeness (QED) is 0.485. The van der Waals surface area contributed by atoms with Crippen molar-refractivity contribution in [2.45, 2.75) is 12.5 Å². The lowest BCUT2D eigenvalue weighted by Crippen LogP contribution is -2.48. The number of hydrogen-bond donors (Lipinski definition) is 0. The first-order valence-electron chi connectivity index (χ1n) is 10.6. The highest BCUT2D eigenvalue weighted by Gasteiger charge is 2.26. The molecule has 3 nitrogen and oxygen atoms in total. The number of carbonyl (C=O) groups excluding carboxylic acids is 1. The lowest BCUT2D eigenvalue weighted by Gasteiger charge is -2.39. The number of hydrogen-bond acceptors (Lipinski definition) is 3. The van der Waals surface area contributed by atoms with Crippen LogP contribution in [0.4, 0.5) is 0 Å². The minimum Gasteiger partial charge on any atom is -0.300 e. The zero-order valence-corrected chi connectivity index (χ0v) is 17.8. The number of nitrogens with zero attached hydrogens (tertiary/aromatic N) is 2. The lowest BCUT2D eigenvalue weighted by molar-refractivity contribution is 0.0893. The molecule has 0 N–H and O–H groups in total. The van der Waals surface area contributed by atoms with Gasteiger partial charge in [-0.25, -0.2) is 0 Å². The molecule has 1 aliphatic heterocycles. The second kappa shape index (κ2) is 10.0. The Bertz CT molecular complexity index is 936. The summed E-state index contributed by atoms with van der Waals surface area (Å²) >= 11 is 6.12. The van der Waals surface area contributed by atoms with Crippen molar-refractivity contribution in [1.82, 2.24) is 9.80 Å². The summed E-state index contributed by atoms with van der Waals surface area (Å²) in [5.74, 6) is 0.223. The molecule has 1 atom stereocenters. The van der Waals surface area contributed by atoms with Crippen LogP contribution >= 0.6 is 11.6 Å². The van der Waals surface area contributed by atoms with E-state index >= 15 is 0 Å². The van der Waals surface area contributed by atoms with Crippen LogP contribution in [0.2, 0.25) is 5.02 Å². The highest BCUT2D eigenvalue weighted by molar-refractivity contribution is 6.30. The maximum absolute atomic E-state index is 12.4. The number of carbonyl (C=O) groups is 1. The second-order valence-electron chi connectivity index (χ2n) is 7.78. The molecule has 0 amide bonds. The fourth-order valence-electron chi connectivity index (χ4n) is 4.17. The third-order valence-corrected chi connectivity index (χ3v) is 6.08. The van der Waals surface area contributed by atoms with Gasteiger partial charge in [0, 0.05) is 49.7 Å². The van der Waals surface area contributed by atoms with Crippen molar-refractivity contribution in [2.24, 2.45) is 0 Å². The fraction of sp³-hybridized carbons (Fsp3) is 0.269. The van der Waals surface area contributed by atoms with Crippen molar-refractivity contribution in [2.75, 3.05) is 32.7 Å². The molecule has 0 aromatic heterocycles. The average molecular weight is 419 g/mol. The van der Waals surface area contributed by atoms with Crippen LogP contribution in [0.1, 0.15) is 33.9 Å². The zero-order valence-electron chi connectivity index (χ0n) is 17.1. The summed E-state index contributed by atoms with van der Waals surface area (Å²) < 4.78 is 0. The lowest BCUT2D eigenvalue weighted by atomic mass is 9.96. The van der Waals surface area contributed by atoms with E-state index in [-0.39, 0.29) is 11.8 Å². The van der Waals surface area contributed by atoms with Gasteiger partial charge in [0.2, 0.25) is 0 Å². The first-order valence-corrected chi connectivity index (χ1v) is 10.9. The maximum atomic E-state index is 12.4. The molecule has 1 unspecified atom stereocenters. The van der Waals surface area contributed by atoms with Crippen molar-refractivity contribution >= 4 is 17.4 Å². The van der Waals surface area contributed by atoms with E-state index in [1.807, 2.05) is 42.5 Å². The zero-order chi connectivity index (χ0) is 20.8. The van der Waals surface area contributed by atoms with Gasteiger partial charge in [-0.1, -0.05) is 84.4 Å². The first kappa shape index (κ1) is 20.8. The summed E-state index contributed by atoms with van der Waals surface area (Å²) in [6.45, 7) is 4.71. The molecule has 0 saturated carbocycles. The van der Waals surface area contributed by atoms with Crippen LogP contribution in [0.25, 0.3) is 0 Å². The first-order chi connectivity index (χ1) is 14.7. The molecule has 1 heterocycles. The maximum Gasteiger partial charge on any atom is 0.164 e. The predicted molar refractivity (Wildman–Crippen MR) is 123 cm³/mol. The smallest absolute Gasteiger partial charge is 0.164 e. The predicted octanol–water partition coefficient (Wildman–Crippen LogP) is 5.32. The monoisotopic (exact) mass is 418 g/mol. The Morgan fingerprint density at radius 2 is 1.33 bits per heavy atom. The number of benzene rings is 3. The fourth-order valence-corrected chi connectivity index (χ4v) is 4.29. The van der Waals surface area contributed by atoms with Gasteiger partial charge >= 0.3 is 0 Å². The summed E-state index contributed by atoms with van der Waals surface area (Å²) in [5.41, 5.74) is 3.37. The molecule has 0 aliphatic carbocycles. The summed E-state index contributed by atoms with van der Waals surface area (Å²) in [7, 11) is 0. The van der Waals surface area contributed by atoms with Gasteiger partial charge in [-0.3, -0.25) is 9.69 Å². The van der Waals surface area contributed by atoms with E-state index in [2.05, 4.69) is 52.3 Å². The number of rotatable bonds is 7. The van der Waals surface area contributed by atoms with E-state index in [1.54, 1.807) is 0 Å². The molecule has 0 radical (unpaired) electrons. The van der Waals surface area contributed by atoms with Crippen LogP contribution in [0.3, 0.4) is 0 Å². The van der Waals surface area contributed by atoms with Crippen molar-refractivity contribution < 1.29 is 4.79 Å². The number of halogens is 1. The van der Waals surface area contributed by atoms with E-state index < -0.39 is 0 Å². The molecule has 30 heavy (non-hydrogen) atoms. The van der Waals surface area contributed by atoms with Gasteiger partial charge in [-0.2, -0.15) is 0 Å². The third kappa shape index (κ3) is 5.17. The highest BCUT2D eigenvalue weighted by atomic mass is 35.5. The van der Waals surface area contributed by atoms with Crippen LogP contribution in [0, 0.1) is 0 Å². The van der Waals surface area contributed by atoms with Gasteiger partial charge in [0.25, 0.3) is 0 Å². The highest BCUT2D eigenvalue weighted by Crippen LogP contribution is 2.30. The van der Waals surface area contributed by atoms with Crippen LogP contribution in [-0.2, 0) is 0 Å². The van der Waals surface area contributed by atoms with Gasteiger partial charge in [0.05, 0.1) is 6.04 Å². The van der Waals surface area contributed by atoms with E-state index in [0.717, 1.165) is 43.3 Å². The Hall–Kier alpha value is -2.46. The number of piperazine rings is 1. The minimum atomic E-state index is 0.219. The topological polar surface area (TPSA) is 23.6 Å². The molecule has 1 aliphatic rings. The molecular weight excluding hydrogens is 392 g/mol. The summed E-state index contributed by atoms with van der Waals surface area (Å²) in [4.78, 5) is 17.3. The molecular formula is C26H27ClN2O. The van der Waals surface area contributed by atoms with Gasteiger partial charge in [0.15, 0.2) is 5.78 Å². The molecule has 4 rings (SSSR count). The number of Topliss-reactive ketones (excluding diaryl/α,β-unsaturated/α-hetero) is 1. The van der Waals surface area contributed by atoms with Crippen LogP contribution < -0.4 is 0 Å². The summed E-state index contributed by atoms with van der Waals surface area (Å²) in [5, 5.41) is 0.762. The molecule has 1 fully saturated rings. The van der Waals surface area contributed by atoms with E-state index in [4.69, 9.17) is 11.6 Å². The van der Waals surface area contributed by atoms with Crippen LogP contribution in [0.5, 0.6) is 0 Å². The molecule has 3 aromatic carbocycles. The van der Waals surface area contributed by atoms with E-state index in [0.29, 0.717) is 6.42 Å². The molecule has 0 spiro atoms. The van der Waals surface area contributed by atoms with E-state index in [9.17, 15) is 4.79 Å². The van der Waals surface area contributed by atoms with Crippen LogP contribution in [0.15, 0.2) is 84.9 Å². The Morgan fingerprint density at radius 3 is 1.97 bits per heavy atom. The molecule has 0 bridgehead atoms. The molecule has 154 valence electrons.